The van der Waals surface area contributed by atoms with Crippen LogP contribution in [0.3, 0.4) is 0 Å². The van der Waals surface area contributed by atoms with Crippen molar-refractivity contribution in [1.29, 1.82) is 0 Å². The molecule has 140 valence electrons. The van der Waals surface area contributed by atoms with Crippen LogP contribution in [-0.4, -0.2) is 50.5 Å². The maximum absolute atomic E-state index is 12.6. The number of piperidine rings is 1. The number of nitrogens with one attached hydrogen (secondary N) is 2. The van der Waals surface area contributed by atoms with Crippen LogP contribution in [0.1, 0.15) is 31.4 Å². The van der Waals surface area contributed by atoms with E-state index < -0.39 is 0 Å². The summed E-state index contributed by atoms with van der Waals surface area (Å²) in [4.78, 5) is 26.4. The van der Waals surface area contributed by atoms with Crippen molar-refractivity contribution in [3.8, 4) is 5.75 Å². The molecule has 0 saturated carbocycles. The molecule has 2 rings (SSSR count). The number of rotatable bonds is 7. The van der Waals surface area contributed by atoms with Crippen molar-refractivity contribution in [2.45, 2.75) is 25.8 Å². The fourth-order valence-corrected chi connectivity index (χ4v) is 3.15. The van der Waals surface area contributed by atoms with Crippen LogP contribution in [0, 0.1) is 5.92 Å². The molecule has 2 N–H and O–H groups in total. The van der Waals surface area contributed by atoms with E-state index in [4.69, 9.17) is 4.74 Å². The van der Waals surface area contributed by atoms with E-state index in [-0.39, 0.29) is 36.2 Å². The van der Waals surface area contributed by atoms with Crippen LogP contribution in [0.25, 0.3) is 0 Å². The lowest BCUT2D eigenvalue weighted by Gasteiger charge is -2.38. The first-order valence-electron chi connectivity index (χ1n) is 8.46. The summed E-state index contributed by atoms with van der Waals surface area (Å²) in [6, 6.07) is 7.34. The summed E-state index contributed by atoms with van der Waals surface area (Å²) in [6.07, 6.45) is 0.987. The summed E-state index contributed by atoms with van der Waals surface area (Å²) in [6.45, 7) is 4.25. The second kappa shape index (κ2) is 10.3. The second-order valence-electron chi connectivity index (χ2n) is 6.01. The topological polar surface area (TPSA) is 70.7 Å². The quantitative estimate of drug-likeness (QED) is 0.718. The maximum Gasteiger partial charge on any atom is 0.225 e. The van der Waals surface area contributed by atoms with Gasteiger partial charge in [0.25, 0.3) is 0 Å². The molecule has 2 amide bonds. The van der Waals surface area contributed by atoms with E-state index >= 15 is 0 Å². The Hall–Kier alpha value is -1.79. The number of hydrogen-bond acceptors (Lipinski definition) is 4. The van der Waals surface area contributed by atoms with E-state index in [9.17, 15) is 9.59 Å². The largest absolute Gasteiger partial charge is 0.497 e. The molecule has 0 spiro atoms. The van der Waals surface area contributed by atoms with Gasteiger partial charge in [-0.1, -0.05) is 19.1 Å². The lowest BCUT2D eigenvalue weighted by molar-refractivity contribution is -0.141. The number of nitrogens with zero attached hydrogens (tertiary/aromatic N) is 1. The first-order valence-corrected chi connectivity index (χ1v) is 8.46. The Morgan fingerprint density at radius 3 is 2.56 bits per heavy atom. The van der Waals surface area contributed by atoms with E-state index in [1.165, 1.54) is 0 Å². The summed E-state index contributed by atoms with van der Waals surface area (Å²) in [5.41, 5.74) is 0.957. The SMILES string of the molecule is CCNCCNC(=O)C1CCC(=O)N(C)C1c1ccc(OC)cc1.Cl. The summed E-state index contributed by atoms with van der Waals surface area (Å²) < 4.78 is 5.19. The average Bonchev–Trinajstić information content (AvgIpc) is 2.61. The number of likely N-dealkylation sites (N-methyl/N-ethyl adjacent to an activating group) is 1. The third-order valence-corrected chi connectivity index (χ3v) is 4.51. The number of carbonyl (C=O) groups excluding carboxylic acids is 2. The molecule has 6 nitrogen and oxygen atoms in total. The van der Waals surface area contributed by atoms with E-state index in [0.29, 0.717) is 19.4 Å². The molecular formula is C18H28ClN3O3. The summed E-state index contributed by atoms with van der Waals surface area (Å²) >= 11 is 0. The van der Waals surface area contributed by atoms with Crippen molar-refractivity contribution in [2.24, 2.45) is 5.92 Å². The molecule has 0 aromatic heterocycles. The minimum absolute atomic E-state index is 0. The molecule has 1 aliphatic heterocycles. The van der Waals surface area contributed by atoms with Gasteiger partial charge in [0.15, 0.2) is 0 Å². The number of ether oxygens (including phenoxy) is 1. The van der Waals surface area contributed by atoms with E-state index in [1.54, 1.807) is 19.1 Å². The number of amides is 2. The van der Waals surface area contributed by atoms with Gasteiger partial charge in [-0.25, -0.2) is 0 Å². The number of methoxy groups -OCH3 is 1. The van der Waals surface area contributed by atoms with Gasteiger partial charge in [0.05, 0.1) is 19.1 Å². The third-order valence-electron chi connectivity index (χ3n) is 4.51. The second-order valence-corrected chi connectivity index (χ2v) is 6.01. The van der Waals surface area contributed by atoms with Gasteiger partial charge >= 0.3 is 0 Å². The van der Waals surface area contributed by atoms with Gasteiger partial charge in [-0.05, 0) is 30.7 Å². The van der Waals surface area contributed by atoms with Crippen molar-refractivity contribution < 1.29 is 14.3 Å². The number of benzene rings is 1. The van der Waals surface area contributed by atoms with Gasteiger partial charge < -0.3 is 20.3 Å². The van der Waals surface area contributed by atoms with Gasteiger partial charge in [0.2, 0.25) is 11.8 Å². The lowest BCUT2D eigenvalue weighted by atomic mass is 9.84. The van der Waals surface area contributed by atoms with Crippen molar-refractivity contribution in [2.75, 3.05) is 33.8 Å². The van der Waals surface area contributed by atoms with Gasteiger partial charge in [-0.3, -0.25) is 9.59 Å². The molecule has 1 aliphatic rings. The summed E-state index contributed by atoms with van der Waals surface area (Å²) in [7, 11) is 3.39. The molecule has 0 bridgehead atoms. The van der Waals surface area contributed by atoms with Gasteiger partial charge in [0.1, 0.15) is 5.75 Å². The zero-order chi connectivity index (χ0) is 17.5. The molecule has 1 heterocycles. The van der Waals surface area contributed by atoms with Gasteiger partial charge in [-0.15, -0.1) is 12.4 Å². The Bertz CT molecular complexity index is 565. The van der Waals surface area contributed by atoms with E-state index in [2.05, 4.69) is 10.6 Å². The number of likely N-dealkylation sites (tertiary alicyclic amines) is 1. The predicted molar refractivity (Wildman–Crippen MR) is 100 cm³/mol. The van der Waals surface area contributed by atoms with Crippen molar-refractivity contribution in [3.63, 3.8) is 0 Å². The van der Waals surface area contributed by atoms with Gasteiger partial charge in [0, 0.05) is 26.6 Å². The standard InChI is InChI=1S/C18H27N3O3.ClH/c1-4-19-11-12-20-18(23)15-9-10-16(22)21(2)17(15)13-5-7-14(24-3)8-6-13;/h5-8,15,17,19H,4,9-12H2,1-3H3,(H,20,23);1H. The summed E-state index contributed by atoms with van der Waals surface area (Å²) in [5.74, 6) is 0.610. The number of hydrogen-bond donors (Lipinski definition) is 2. The Balaban J connectivity index is 0.00000312. The normalized spacial score (nSPS) is 20.0. The first kappa shape index (κ1) is 21.3. The number of carbonyl (C=O) groups is 2. The smallest absolute Gasteiger partial charge is 0.225 e. The minimum atomic E-state index is -0.240. The van der Waals surface area contributed by atoms with Crippen LogP contribution < -0.4 is 15.4 Å². The van der Waals surface area contributed by atoms with Crippen LogP contribution in [0.5, 0.6) is 5.75 Å². The molecule has 2 atom stereocenters. The molecule has 1 fully saturated rings. The highest BCUT2D eigenvalue weighted by atomic mass is 35.5. The third kappa shape index (κ3) is 5.34. The molecule has 0 aliphatic carbocycles. The molecule has 7 heteroatoms. The van der Waals surface area contributed by atoms with Crippen LogP contribution >= 0.6 is 12.4 Å². The number of halogens is 1. The molecule has 1 saturated heterocycles. The fraction of sp³-hybridized carbons (Fsp3) is 0.556. The van der Waals surface area contributed by atoms with E-state index in [0.717, 1.165) is 24.4 Å². The average molecular weight is 370 g/mol. The monoisotopic (exact) mass is 369 g/mol. The Labute approximate surface area is 155 Å². The van der Waals surface area contributed by atoms with Crippen molar-refractivity contribution in [3.05, 3.63) is 29.8 Å². The highest BCUT2D eigenvalue weighted by molar-refractivity contribution is 5.85. The molecular weight excluding hydrogens is 342 g/mol. The summed E-state index contributed by atoms with van der Waals surface area (Å²) in [5, 5.41) is 6.17. The molecule has 0 radical (unpaired) electrons. The Kier molecular flexibility index (Phi) is 8.72. The van der Waals surface area contributed by atoms with Crippen LogP contribution in [0.4, 0.5) is 0 Å². The molecule has 1 aromatic carbocycles. The maximum atomic E-state index is 12.6. The van der Waals surface area contributed by atoms with Crippen molar-refractivity contribution >= 4 is 24.2 Å². The van der Waals surface area contributed by atoms with Crippen LogP contribution in [0.2, 0.25) is 0 Å². The van der Waals surface area contributed by atoms with Gasteiger partial charge in [-0.2, -0.15) is 0 Å². The van der Waals surface area contributed by atoms with Crippen LogP contribution in [0.15, 0.2) is 24.3 Å². The molecule has 25 heavy (non-hydrogen) atoms. The molecule has 1 aromatic rings. The minimum Gasteiger partial charge on any atom is -0.497 e. The van der Waals surface area contributed by atoms with E-state index in [1.807, 2.05) is 31.2 Å². The molecule has 2 unspecified atom stereocenters. The zero-order valence-electron chi connectivity index (χ0n) is 15.1. The highest BCUT2D eigenvalue weighted by Gasteiger charge is 2.38. The van der Waals surface area contributed by atoms with Crippen LogP contribution in [-0.2, 0) is 9.59 Å². The zero-order valence-corrected chi connectivity index (χ0v) is 15.9. The Morgan fingerprint density at radius 1 is 1.28 bits per heavy atom. The highest BCUT2D eigenvalue weighted by Crippen LogP contribution is 2.36. The lowest BCUT2D eigenvalue weighted by Crippen LogP contribution is -2.47. The van der Waals surface area contributed by atoms with Crippen molar-refractivity contribution in [1.82, 2.24) is 15.5 Å². The predicted octanol–water partition coefficient (Wildman–Crippen LogP) is 1.75. The first-order chi connectivity index (χ1) is 11.6. The Morgan fingerprint density at radius 2 is 1.96 bits per heavy atom. The fourth-order valence-electron chi connectivity index (χ4n) is 3.15.